The van der Waals surface area contributed by atoms with E-state index in [0.717, 1.165) is 38.8 Å². The van der Waals surface area contributed by atoms with Gasteiger partial charge in [-0.3, -0.25) is 4.79 Å². The van der Waals surface area contributed by atoms with Gasteiger partial charge in [0.15, 0.2) is 0 Å². The Morgan fingerprint density at radius 2 is 1.81 bits per heavy atom. The number of hydrogen-bond acceptors (Lipinski definition) is 3. The third-order valence-electron chi connectivity index (χ3n) is 3.89. The highest BCUT2D eigenvalue weighted by atomic mass is 32.2. The number of amides is 1. The lowest BCUT2D eigenvalue weighted by Crippen LogP contribution is -2.32. The van der Waals surface area contributed by atoms with E-state index in [4.69, 9.17) is 5.14 Å². The Hall–Kier alpha value is -1.40. The quantitative estimate of drug-likeness (QED) is 0.926. The SMILES string of the molecule is CCc1ccc(C(=O)N2CCCCCC2)cc1S(N)(=O)=O. The first-order chi connectivity index (χ1) is 9.93. The summed E-state index contributed by atoms with van der Waals surface area (Å²) in [5.41, 5.74) is 1.04. The smallest absolute Gasteiger partial charge is 0.253 e. The van der Waals surface area contributed by atoms with Gasteiger partial charge in [0.2, 0.25) is 10.0 Å². The molecular weight excluding hydrogens is 288 g/mol. The fraction of sp³-hybridized carbons (Fsp3) is 0.533. The molecule has 1 aliphatic heterocycles. The van der Waals surface area contributed by atoms with Crippen LogP contribution < -0.4 is 5.14 Å². The maximum absolute atomic E-state index is 12.5. The van der Waals surface area contributed by atoms with Crippen molar-refractivity contribution in [1.29, 1.82) is 0 Å². The molecule has 6 heteroatoms. The molecule has 2 rings (SSSR count). The van der Waals surface area contributed by atoms with E-state index in [1.807, 2.05) is 6.92 Å². The molecule has 2 N–H and O–H groups in total. The molecule has 1 aromatic carbocycles. The van der Waals surface area contributed by atoms with Gasteiger partial charge in [-0.05, 0) is 37.0 Å². The Morgan fingerprint density at radius 3 is 2.33 bits per heavy atom. The fourth-order valence-corrected chi connectivity index (χ4v) is 3.57. The van der Waals surface area contributed by atoms with Gasteiger partial charge in [-0.1, -0.05) is 25.8 Å². The molecule has 0 aliphatic carbocycles. The monoisotopic (exact) mass is 310 g/mol. The van der Waals surface area contributed by atoms with E-state index < -0.39 is 10.0 Å². The normalized spacial score (nSPS) is 16.6. The third kappa shape index (κ3) is 3.83. The molecule has 1 saturated heterocycles. The average Bonchev–Trinajstić information content (AvgIpc) is 2.74. The van der Waals surface area contributed by atoms with Crippen LogP contribution in [0.15, 0.2) is 23.1 Å². The number of carbonyl (C=O) groups is 1. The summed E-state index contributed by atoms with van der Waals surface area (Å²) in [6, 6.07) is 4.80. The first kappa shape index (κ1) is 16.0. The maximum Gasteiger partial charge on any atom is 0.253 e. The lowest BCUT2D eigenvalue weighted by molar-refractivity contribution is 0.0761. The van der Waals surface area contributed by atoms with Crippen molar-refractivity contribution in [1.82, 2.24) is 4.90 Å². The summed E-state index contributed by atoms with van der Waals surface area (Å²) in [5.74, 6) is -0.107. The van der Waals surface area contributed by atoms with E-state index in [1.165, 1.54) is 6.07 Å². The highest BCUT2D eigenvalue weighted by molar-refractivity contribution is 7.89. The molecule has 116 valence electrons. The zero-order chi connectivity index (χ0) is 15.5. The van der Waals surface area contributed by atoms with Crippen molar-refractivity contribution in [2.24, 2.45) is 5.14 Å². The van der Waals surface area contributed by atoms with Gasteiger partial charge in [0.1, 0.15) is 0 Å². The molecule has 1 fully saturated rings. The predicted molar refractivity (Wildman–Crippen MR) is 81.6 cm³/mol. The Morgan fingerprint density at radius 1 is 1.19 bits per heavy atom. The Bertz CT molecular complexity index is 618. The second-order valence-electron chi connectivity index (χ2n) is 5.43. The van der Waals surface area contributed by atoms with Crippen molar-refractivity contribution in [2.75, 3.05) is 13.1 Å². The second-order valence-corrected chi connectivity index (χ2v) is 6.96. The van der Waals surface area contributed by atoms with Crippen molar-refractivity contribution >= 4 is 15.9 Å². The highest BCUT2D eigenvalue weighted by Crippen LogP contribution is 2.20. The van der Waals surface area contributed by atoms with E-state index in [0.29, 0.717) is 17.5 Å². The summed E-state index contributed by atoms with van der Waals surface area (Å²) in [4.78, 5) is 14.4. The summed E-state index contributed by atoms with van der Waals surface area (Å²) in [6.45, 7) is 3.33. The molecular formula is C15H22N2O3S. The number of hydrogen-bond donors (Lipinski definition) is 1. The van der Waals surface area contributed by atoms with E-state index in [2.05, 4.69) is 0 Å². The van der Waals surface area contributed by atoms with Gasteiger partial charge in [0.05, 0.1) is 4.90 Å². The molecule has 1 aromatic rings. The lowest BCUT2D eigenvalue weighted by Gasteiger charge is -2.21. The van der Waals surface area contributed by atoms with Crippen molar-refractivity contribution in [2.45, 2.75) is 43.9 Å². The van der Waals surface area contributed by atoms with Crippen LogP contribution in [0, 0.1) is 0 Å². The molecule has 0 aromatic heterocycles. The van der Waals surface area contributed by atoms with Crippen LogP contribution in [0.4, 0.5) is 0 Å². The van der Waals surface area contributed by atoms with Gasteiger partial charge in [-0.25, -0.2) is 13.6 Å². The van der Waals surface area contributed by atoms with Gasteiger partial charge >= 0.3 is 0 Å². The average molecular weight is 310 g/mol. The van der Waals surface area contributed by atoms with Crippen molar-refractivity contribution in [3.05, 3.63) is 29.3 Å². The molecule has 5 nitrogen and oxygen atoms in total. The minimum atomic E-state index is -3.81. The zero-order valence-corrected chi connectivity index (χ0v) is 13.2. The number of sulfonamides is 1. The molecule has 0 unspecified atom stereocenters. The number of likely N-dealkylation sites (tertiary alicyclic amines) is 1. The van der Waals surface area contributed by atoms with Crippen LogP contribution in [0.1, 0.15) is 48.5 Å². The van der Waals surface area contributed by atoms with E-state index in [-0.39, 0.29) is 10.8 Å². The molecule has 0 atom stereocenters. The number of carbonyl (C=O) groups excluding carboxylic acids is 1. The summed E-state index contributed by atoms with van der Waals surface area (Å²) < 4.78 is 23.3. The molecule has 0 bridgehead atoms. The molecule has 0 radical (unpaired) electrons. The molecule has 1 aliphatic rings. The highest BCUT2D eigenvalue weighted by Gasteiger charge is 2.20. The van der Waals surface area contributed by atoms with E-state index in [9.17, 15) is 13.2 Å². The first-order valence-electron chi connectivity index (χ1n) is 7.38. The summed E-state index contributed by atoms with van der Waals surface area (Å²) in [5, 5.41) is 5.25. The lowest BCUT2D eigenvalue weighted by atomic mass is 10.1. The van der Waals surface area contributed by atoms with Gasteiger partial charge in [-0.15, -0.1) is 0 Å². The maximum atomic E-state index is 12.5. The van der Waals surface area contributed by atoms with E-state index in [1.54, 1.807) is 17.0 Å². The number of aryl methyl sites for hydroxylation is 1. The number of nitrogens with two attached hydrogens (primary N) is 1. The topological polar surface area (TPSA) is 80.5 Å². The molecule has 0 saturated carbocycles. The number of rotatable bonds is 3. The largest absolute Gasteiger partial charge is 0.339 e. The van der Waals surface area contributed by atoms with Crippen LogP contribution in [0.25, 0.3) is 0 Å². The Balaban J connectivity index is 2.33. The molecule has 1 heterocycles. The summed E-state index contributed by atoms with van der Waals surface area (Å²) >= 11 is 0. The van der Waals surface area contributed by atoms with Gasteiger partial charge in [0.25, 0.3) is 5.91 Å². The van der Waals surface area contributed by atoms with Crippen LogP contribution >= 0.6 is 0 Å². The van der Waals surface area contributed by atoms with Crippen molar-refractivity contribution < 1.29 is 13.2 Å². The zero-order valence-electron chi connectivity index (χ0n) is 12.3. The number of nitrogens with zero attached hydrogens (tertiary/aromatic N) is 1. The minimum absolute atomic E-state index is 0.0608. The predicted octanol–water partition coefficient (Wildman–Crippen LogP) is 1.91. The van der Waals surface area contributed by atoms with Crippen LogP contribution in [0.3, 0.4) is 0 Å². The molecule has 0 spiro atoms. The first-order valence-corrected chi connectivity index (χ1v) is 8.93. The number of benzene rings is 1. The second kappa shape index (κ2) is 6.58. The summed E-state index contributed by atoms with van der Waals surface area (Å²) in [6.07, 6.45) is 4.84. The van der Waals surface area contributed by atoms with E-state index >= 15 is 0 Å². The fourth-order valence-electron chi connectivity index (χ4n) is 2.70. The Kier molecular flexibility index (Phi) is 5.00. The molecule has 1 amide bonds. The number of primary sulfonamides is 1. The van der Waals surface area contributed by atoms with Crippen LogP contribution in [0.5, 0.6) is 0 Å². The van der Waals surface area contributed by atoms with Gasteiger partial charge in [0, 0.05) is 18.7 Å². The third-order valence-corrected chi connectivity index (χ3v) is 4.89. The molecule has 21 heavy (non-hydrogen) atoms. The van der Waals surface area contributed by atoms with Crippen molar-refractivity contribution in [3.63, 3.8) is 0 Å². The summed E-state index contributed by atoms with van der Waals surface area (Å²) in [7, 11) is -3.81. The standard InChI is InChI=1S/C15H22N2O3S/c1-2-12-7-8-13(11-14(12)21(16,19)20)15(18)17-9-5-3-4-6-10-17/h7-8,11H,2-6,9-10H2,1H3,(H2,16,19,20). The van der Waals surface area contributed by atoms with Crippen molar-refractivity contribution in [3.8, 4) is 0 Å². The Labute approximate surface area is 126 Å². The van der Waals surface area contributed by atoms with Gasteiger partial charge < -0.3 is 4.90 Å². The van der Waals surface area contributed by atoms with Crippen LogP contribution in [-0.4, -0.2) is 32.3 Å². The van der Waals surface area contributed by atoms with Gasteiger partial charge in [-0.2, -0.15) is 0 Å². The van der Waals surface area contributed by atoms with Crippen LogP contribution in [0.2, 0.25) is 0 Å². The van der Waals surface area contributed by atoms with Crippen LogP contribution in [-0.2, 0) is 16.4 Å². The minimum Gasteiger partial charge on any atom is -0.339 e.